The van der Waals surface area contributed by atoms with E-state index < -0.39 is 0 Å². The van der Waals surface area contributed by atoms with Gasteiger partial charge in [0, 0.05) is 37.8 Å². The zero-order valence-corrected chi connectivity index (χ0v) is 19.2. The molecule has 1 spiro atoms. The van der Waals surface area contributed by atoms with Crippen LogP contribution in [0.25, 0.3) is 0 Å². The predicted octanol–water partition coefficient (Wildman–Crippen LogP) is 1.79. The average molecular weight is 448 g/mol. The van der Waals surface area contributed by atoms with Crippen LogP contribution < -0.4 is 10.2 Å². The average Bonchev–Trinajstić information content (AvgIpc) is 2.76. The molecule has 5 rings (SSSR count). The fraction of sp³-hybridized carbons (Fsp3) is 0.478. The number of cyclic esters (lactones) is 1. The zero-order chi connectivity index (χ0) is 23.0. The number of hydrogen-bond donors (Lipinski definition) is 1. The highest BCUT2D eigenvalue weighted by Crippen LogP contribution is 2.39. The first-order chi connectivity index (χ1) is 16.0. The van der Waals surface area contributed by atoms with E-state index in [1.54, 1.807) is 6.20 Å². The molecule has 0 radical (unpaired) electrons. The lowest BCUT2D eigenvalue weighted by Crippen LogP contribution is -2.72. The normalized spacial score (nSPS) is 20.3. The highest BCUT2D eigenvalue weighted by molar-refractivity contribution is 6.64. The summed E-state index contributed by atoms with van der Waals surface area (Å²) in [6, 6.07) is 8.67. The molecule has 2 saturated heterocycles. The molecular formula is C23H29BN6O3. The van der Waals surface area contributed by atoms with E-state index in [4.69, 9.17) is 4.74 Å². The van der Waals surface area contributed by atoms with Crippen LogP contribution in [0.1, 0.15) is 36.6 Å². The minimum atomic E-state index is -0.373. The number of carbonyl (C=O) groups excluding carboxylic acids is 2. The number of benzene rings is 1. The molecule has 2 aromatic rings. The topological polar surface area (TPSA) is 90.9 Å². The summed E-state index contributed by atoms with van der Waals surface area (Å²) in [7, 11) is 0.565. The van der Waals surface area contributed by atoms with Gasteiger partial charge in [0.2, 0.25) is 5.95 Å². The molecule has 0 unspecified atom stereocenters. The van der Waals surface area contributed by atoms with E-state index in [2.05, 4.69) is 56.2 Å². The minimum absolute atomic E-state index is 0.0220. The maximum Gasteiger partial charge on any atom is 0.415 e. The van der Waals surface area contributed by atoms with E-state index >= 15 is 0 Å². The second-order valence-corrected chi connectivity index (χ2v) is 9.43. The molecule has 0 bridgehead atoms. The molecule has 0 saturated carbocycles. The monoisotopic (exact) mass is 448 g/mol. The van der Waals surface area contributed by atoms with Crippen LogP contribution in [0.5, 0.6) is 0 Å². The van der Waals surface area contributed by atoms with Gasteiger partial charge in [-0.1, -0.05) is 24.3 Å². The van der Waals surface area contributed by atoms with Gasteiger partial charge >= 0.3 is 6.09 Å². The smallest absolute Gasteiger partial charge is 0.415 e. The van der Waals surface area contributed by atoms with Crippen molar-refractivity contribution < 1.29 is 14.3 Å². The molecule has 1 amide bonds. The Morgan fingerprint density at radius 3 is 2.70 bits per heavy atom. The molecule has 10 heteroatoms. The number of fused-ring (bicyclic) bond motifs is 1. The van der Waals surface area contributed by atoms with E-state index in [0.717, 1.165) is 50.0 Å². The Hall–Kier alpha value is -2.98. The van der Waals surface area contributed by atoms with Crippen LogP contribution in [-0.2, 0) is 22.7 Å². The molecule has 172 valence electrons. The van der Waals surface area contributed by atoms with Crippen molar-refractivity contribution in [1.29, 1.82) is 0 Å². The van der Waals surface area contributed by atoms with Gasteiger partial charge in [-0.05, 0) is 38.1 Å². The van der Waals surface area contributed by atoms with Crippen LogP contribution in [0.4, 0.5) is 16.6 Å². The molecule has 2 fully saturated rings. The first-order valence-electron chi connectivity index (χ1n) is 11.5. The summed E-state index contributed by atoms with van der Waals surface area (Å²) >= 11 is 0. The summed E-state index contributed by atoms with van der Waals surface area (Å²) < 4.78 is 5.15. The third kappa shape index (κ3) is 4.32. The number of likely N-dealkylation sites (tertiary alicyclic amines) is 1. The van der Waals surface area contributed by atoms with Crippen molar-refractivity contribution in [3.05, 3.63) is 47.2 Å². The Bertz CT molecular complexity index is 1030. The lowest BCUT2D eigenvalue weighted by atomic mass is 9.68. The van der Waals surface area contributed by atoms with Crippen molar-refractivity contribution in [3.63, 3.8) is 0 Å². The van der Waals surface area contributed by atoms with Crippen LogP contribution >= 0.6 is 0 Å². The SMILES string of the molecule is CCN1C(=O)OCc2cnc(N[C@@H](C)c3ccc(CN4CC5(CN(BC=O)C5)C4)cc3)nc21. The largest absolute Gasteiger partial charge is 0.444 e. The van der Waals surface area contributed by atoms with Crippen molar-refractivity contribution in [2.45, 2.75) is 33.0 Å². The molecule has 4 heterocycles. The highest BCUT2D eigenvalue weighted by Gasteiger charge is 2.50. The summed E-state index contributed by atoms with van der Waals surface area (Å²) in [4.78, 5) is 37.8. The number of carbonyl (C=O) groups is 2. The van der Waals surface area contributed by atoms with E-state index in [9.17, 15) is 9.59 Å². The molecule has 3 aliphatic heterocycles. The number of nitrogens with one attached hydrogen (secondary N) is 1. The summed E-state index contributed by atoms with van der Waals surface area (Å²) in [6.07, 6.45) is 2.34. The van der Waals surface area contributed by atoms with Gasteiger partial charge in [-0.3, -0.25) is 9.80 Å². The van der Waals surface area contributed by atoms with Gasteiger partial charge in [0.05, 0.1) is 17.8 Å². The molecule has 0 aliphatic carbocycles. The van der Waals surface area contributed by atoms with E-state index in [-0.39, 0.29) is 18.7 Å². The third-order valence-electron chi connectivity index (χ3n) is 6.79. The lowest BCUT2D eigenvalue weighted by molar-refractivity contribution is -0.0855. The number of aromatic nitrogens is 2. The number of rotatable bonds is 8. The summed E-state index contributed by atoms with van der Waals surface area (Å²) in [5.74, 6) is 1.11. The van der Waals surface area contributed by atoms with Crippen LogP contribution in [0.3, 0.4) is 0 Å². The Labute approximate surface area is 194 Å². The van der Waals surface area contributed by atoms with Crippen LogP contribution in [0.15, 0.2) is 30.5 Å². The molecule has 33 heavy (non-hydrogen) atoms. The van der Waals surface area contributed by atoms with E-state index in [1.165, 1.54) is 10.5 Å². The summed E-state index contributed by atoms with van der Waals surface area (Å²) in [6.45, 7) is 9.94. The molecule has 1 aromatic carbocycles. The number of anilines is 2. The third-order valence-corrected chi connectivity index (χ3v) is 6.79. The first-order valence-corrected chi connectivity index (χ1v) is 11.5. The molecule has 1 atom stereocenters. The maximum atomic E-state index is 12.0. The standard InChI is InChI=1S/C23H29BN6O3/c1-3-30-20-19(10-33-22(30)32)8-25-21(27-20)26-16(2)18-6-4-17(5-7-18)9-28-11-23(12-28)13-29(14-23)24-15-31/h4-8,15-16,24H,3,9-14H2,1-2H3,(H,25,26,27)/t16-/m0/s1. The summed E-state index contributed by atoms with van der Waals surface area (Å²) in [5.41, 5.74) is 3.67. The van der Waals surface area contributed by atoms with Gasteiger partial charge in [-0.2, -0.15) is 4.98 Å². The zero-order valence-electron chi connectivity index (χ0n) is 19.2. The van der Waals surface area contributed by atoms with E-state index in [0.29, 0.717) is 31.1 Å². The Kier molecular flexibility index (Phi) is 5.80. The Morgan fingerprint density at radius 1 is 1.24 bits per heavy atom. The molecule has 9 nitrogen and oxygen atoms in total. The van der Waals surface area contributed by atoms with Crippen molar-refractivity contribution in [2.75, 3.05) is 42.9 Å². The number of hydrogen-bond acceptors (Lipinski definition) is 8. The molecular weight excluding hydrogens is 419 g/mol. The van der Waals surface area contributed by atoms with Crippen molar-refractivity contribution in [2.24, 2.45) is 5.41 Å². The van der Waals surface area contributed by atoms with Crippen molar-refractivity contribution in [3.8, 4) is 0 Å². The predicted molar refractivity (Wildman–Crippen MR) is 127 cm³/mol. The van der Waals surface area contributed by atoms with Crippen molar-refractivity contribution in [1.82, 2.24) is 19.7 Å². The lowest BCUT2D eigenvalue weighted by Gasteiger charge is -2.60. The number of amides is 1. The van der Waals surface area contributed by atoms with Crippen LogP contribution in [0.2, 0.25) is 0 Å². The molecule has 3 aliphatic rings. The van der Waals surface area contributed by atoms with Gasteiger partial charge in [-0.15, -0.1) is 0 Å². The van der Waals surface area contributed by atoms with Crippen LogP contribution in [0, 0.1) is 5.41 Å². The quantitative estimate of drug-likeness (QED) is 0.483. The number of ether oxygens (including phenoxy) is 1. The fourth-order valence-corrected chi connectivity index (χ4v) is 5.18. The highest BCUT2D eigenvalue weighted by atomic mass is 16.6. The number of nitrogens with zero attached hydrogens (tertiary/aromatic N) is 5. The fourth-order valence-electron chi connectivity index (χ4n) is 5.18. The van der Waals surface area contributed by atoms with Crippen molar-refractivity contribution >= 4 is 31.5 Å². The van der Waals surface area contributed by atoms with Gasteiger partial charge in [0.25, 0.3) is 7.41 Å². The second-order valence-electron chi connectivity index (χ2n) is 9.43. The minimum Gasteiger partial charge on any atom is -0.444 e. The maximum absolute atomic E-state index is 12.0. The Morgan fingerprint density at radius 2 is 2.00 bits per heavy atom. The molecule has 1 aromatic heterocycles. The van der Waals surface area contributed by atoms with E-state index in [1.807, 2.05) is 6.92 Å². The second kappa shape index (κ2) is 8.76. The van der Waals surface area contributed by atoms with Gasteiger partial charge in [0.15, 0.2) is 0 Å². The molecule has 1 N–H and O–H groups in total. The van der Waals surface area contributed by atoms with Crippen LogP contribution in [-0.4, -0.2) is 72.1 Å². The van der Waals surface area contributed by atoms with Gasteiger partial charge < -0.3 is 19.7 Å². The van der Waals surface area contributed by atoms with Gasteiger partial charge in [0.1, 0.15) is 12.4 Å². The van der Waals surface area contributed by atoms with Gasteiger partial charge in [-0.25, -0.2) is 9.78 Å². The summed E-state index contributed by atoms with van der Waals surface area (Å²) in [5, 5.41) is 3.35. The first kappa shape index (κ1) is 21.8. The Balaban J connectivity index is 1.16.